The number of nitrogens with zero attached hydrogens (tertiary/aromatic N) is 1. The molecule has 10 heteroatoms. The Morgan fingerprint density at radius 1 is 1.27 bits per heavy atom. The molecule has 1 aromatic rings. The van der Waals surface area contributed by atoms with Gasteiger partial charge in [0.05, 0.1) is 0 Å². The SMILES string of the molecule is CN(c1cccc(F)c1)C(CN)C(F)(F)F.O=C(O)C(=O)O. The third-order valence-corrected chi connectivity index (χ3v) is 2.47. The van der Waals surface area contributed by atoms with Crippen LogP contribution in [-0.4, -0.2) is 48.0 Å². The van der Waals surface area contributed by atoms with Crippen LogP contribution in [0.25, 0.3) is 0 Å². The Kier molecular flexibility index (Phi) is 7.30. The Morgan fingerprint density at radius 2 is 1.77 bits per heavy atom. The average molecular weight is 326 g/mol. The summed E-state index contributed by atoms with van der Waals surface area (Å²) in [5, 5.41) is 14.8. The van der Waals surface area contributed by atoms with Crippen LogP contribution in [0, 0.1) is 5.82 Å². The van der Waals surface area contributed by atoms with Crippen LogP contribution in [0.15, 0.2) is 24.3 Å². The Bertz CT molecular complexity index is 510. The summed E-state index contributed by atoms with van der Waals surface area (Å²) in [6, 6.07) is 3.15. The summed E-state index contributed by atoms with van der Waals surface area (Å²) in [5.41, 5.74) is 5.23. The van der Waals surface area contributed by atoms with Crippen molar-refractivity contribution in [3.8, 4) is 0 Å². The van der Waals surface area contributed by atoms with Crippen LogP contribution >= 0.6 is 0 Å². The topological polar surface area (TPSA) is 104 Å². The summed E-state index contributed by atoms with van der Waals surface area (Å²) in [4.78, 5) is 19.1. The van der Waals surface area contributed by atoms with Gasteiger partial charge in [-0.3, -0.25) is 0 Å². The average Bonchev–Trinajstić information content (AvgIpc) is 2.38. The molecule has 4 N–H and O–H groups in total. The Hall–Kier alpha value is -2.36. The monoisotopic (exact) mass is 326 g/mol. The number of likely N-dealkylation sites (N-methyl/N-ethyl adjacent to an activating group) is 1. The number of nitrogens with two attached hydrogens (primary N) is 1. The normalized spacial score (nSPS) is 11.9. The standard InChI is InChI=1S/C10H12F4N2.C2H2O4/c1-16(9(6-15)10(12,13)14)8-4-2-3-7(11)5-8;3-1(4)2(5)6/h2-5,9H,6,15H2,1H3;(H,3,4)(H,5,6). The number of carboxylic acids is 2. The van der Waals surface area contributed by atoms with Crippen LogP contribution in [0.4, 0.5) is 23.2 Å². The first-order chi connectivity index (χ1) is 10.0. The van der Waals surface area contributed by atoms with Gasteiger partial charge < -0.3 is 20.8 Å². The molecule has 1 aromatic carbocycles. The predicted molar refractivity (Wildman–Crippen MR) is 69.0 cm³/mol. The fourth-order valence-electron chi connectivity index (χ4n) is 1.39. The van der Waals surface area contributed by atoms with Crippen molar-refractivity contribution >= 4 is 17.6 Å². The number of rotatable bonds is 3. The second kappa shape index (κ2) is 8.17. The highest BCUT2D eigenvalue weighted by molar-refractivity contribution is 6.27. The molecule has 0 saturated carbocycles. The summed E-state index contributed by atoms with van der Waals surface area (Å²) in [6.07, 6.45) is -4.43. The molecule has 0 spiro atoms. The molecule has 22 heavy (non-hydrogen) atoms. The van der Waals surface area contributed by atoms with E-state index in [4.69, 9.17) is 25.5 Å². The van der Waals surface area contributed by atoms with Gasteiger partial charge in [-0.15, -0.1) is 0 Å². The lowest BCUT2D eigenvalue weighted by molar-refractivity contribution is -0.159. The molecule has 1 unspecified atom stereocenters. The van der Waals surface area contributed by atoms with Gasteiger partial charge in [0.25, 0.3) is 0 Å². The van der Waals surface area contributed by atoms with Crippen LogP contribution in [0.1, 0.15) is 0 Å². The highest BCUT2D eigenvalue weighted by atomic mass is 19.4. The van der Waals surface area contributed by atoms with Crippen molar-refractivity contribution in [3.05, 3.63) is 30.1 Å². The zero-order chi connectivity index (χ0) is 17.5. The molecule has 1 atom stereocenters. The number of benzene rings is 1. The van der Waals surface area contributed by atoms with Gasteiger partial charge in [-0.1, -0.05) is 6.07 Å². The number of aliphatic carboxylic acids is 2. The number of alkyl halides is 3. The number of carbonyl (C=O) groups is 2. The van der Waals surface area contributed by atoms with Gasteiger partial charge in [0.2, 0.25) is 0 Å². The molecule has 0 aliphatic rings. The van der Waals surface area contributed by atoms with Gasteiger partial charge in [0.1, 0.15) is 11.9 Å². The summed E-state index contributed by atoms with van der Waals surface area (Å²) in [6.45, 7) is -0.573. The lowest BCUT2D eigenvalue weighted by Gasteiger charge is -2.30. The van der Waals surface area contributed by atoms with E-state index in [1.165, 1.54) is 25.2 Å². The zero-order valence-corrected chi connectivity index (χ0v) is 11.3. The van der Waals surface area contributed by atoms with E-state index in [1.807, 2.05) is 0 Å². The molecule has 0 fully saturated rings. The minimum absolute atomic E-state index is 0.146. The molecule has 1 rings (SSSR count). The van der Waals surface area contributed by atoms with Gasteiger partial charge >= 0.3 is 18.1 Å². The van der Waals surface area contributed by atoms with Crippen LogP contribution in [-0.2, 0) is 9.59 Å². The first kappa shape index (κ1) is 19.6. The molecule has 0 heterocycles. The van der Waals surface area contributed by atoms with Crippen molar-refractivity contribution in [3.63, 3.8) is 0 Å². The van der Waals surface area contributed by atoms with Gasteiger partial charge in [0.15, 0.2) is 0 Å². The first-order valence-electron chi connectivity index (χ1n) is 5.72. The smallest absolute Gasteiger partial charge is 0.414 e. The van der Waals surface area contributed by atoms with Crippen LogP contribution in [0.3, 0.4) is 0 Å². The van der Waals surface area contributed by atoms with Crippen molar-refractivity contribution in [1.82, 2.24) is 0 Å². The van der Waals surface area contributed by atoms with Crippen molar-refractivity contribution < 1.29 is 37.4 Å². The number of carboxylic acid groups (broad SMARTS) is 2. The fraction of sp³-hybridized carbons (Fsp3) is 0.333. The van der Waals surface area contributed by atoms with Gasteiger partial charge in [-0.25, -0.2) is 14.0 Å². The Morgan fingerprint density at radius 3 is 2.09 bits per heavy atom. The minimum atomic E-state index is -4.43. The maximum atomic E-state index is 12.9. The van der Waals surface area contributed by atoms with E-state index in [1.54, 1.807) is 0 Å². The second-order valence-corrected chi connectivity index (χ2v) is 3.99. The second-order valence-electron chi connectivity index (χ2n) is 3.99. The minimum Gasteiger partial charge on any atom is -0.473 e. The summed E-state index contributed by atoms with van der Waals surface area (Å²) < 4.78 is 50.5. The number of hydrogen-bond donors (Lipinski definition) is 3. The third-order valence-electron chi connectivity index (χ3n) is 2.47. The van der Waals surface area contributed by atoms with E-state index in [0.717, 1.165) is 11.0 Å². The molecule has 124 valence electrons. The Labute approximate surface area is 122 Å². The molecule has 0 aliphatic heterocycles. The lowest BCUT2D eigenvalue weighted by atomic mass is 10.2. The van der Waals surface area contributed by atoms with E-state index in [9.17, 15) is 17.6 Å². The van der Waals surface area contributed by atoms with E-state index in [-0.39, 0.29) is 5.69 Å². The highest BCUT2D eigenvalue weighted by Gasteiger charge is 2.41. The van der Waals surface area contributed by atoms with Crippen molar-refractivity contribution in [2.24, 2.45) is 5.73 Å². The molecule has 0 saturated heterocycles. The highest BCUT2D eigenvalue weighted by Crippen LogP contribution is 2.27. The molecule has 0 radical (unpaired) electrons. The molecule has 0 amide bonds. The summed E-state index contributed by atoms with van der Waals surface area (Å²) >= 11 is 0. The Balaban J connectivity index is 0.000000626. The molecule has 0 aliphatic carbocycles. The van der Waals surface area contributed by atoms with E-state index < -0.39 is 36.5 Å². The molecular weight excluding hydrogens is 312 g/mol. The molecule has 0 bridgehead atoms. The maximum Gasteiger partial charge on any atom is 0.414 e. The van der Waals surface area contributed by atoms with E-state index in [2.05, 4.69) is 0 Å². The van der Waals surface area contributed by atoms with Gasteiger partial charge in [0, 0.05) is 19.3 Å². The largest absolute Gasteiger partial charge is 0.473 e. The van der Waals surface area contributed by atoms with Crippen molar-refractivity contribution in [1.29, 1.82) is 0 Å². The third kappa shape index (κ3) is 6.39. The molecular formula is C12H14F4N2O4. The maximum absolute atomic E-state index is 12.9. The zero-order valence-electron chi connectivity index (χ0n) is 11.3. The van der Waals surface area contributed by atoms with Crippen molar-refractivity contribution in [2.75, 3.05) is 18.5 Å². The molecule has 6 nitrogen and oxygen atoms in total. The van der Waals surface area contributed by atoms with Crippen molar-refractivity contribution in [2.45, 2.75) is 12.2 Å². The number of anilines is 1. The number of halogens is 4. The van der Waals surface area contributed by atoms with Crippen LogP contribution in [0.2, 0.25) is 0 Å². The van der Waals surface area contributed by atoms with E-state index >= 15 is 0 Å². The van der Waals surface area contributed by atoms with Crippen LogP contribution < -0.4 is 10.6 Å². The van der Waals surface area contributed by atoms with Gasteiger partial charge in [-0.05, 0) is 18.2 Å². The van der Waals surface area contributed by atoms with E-state index in [0.29, 0.717) is 0 Å². The lowest BCUT2D eigenvalue weighted by Crippen LogP contribution is -2.48. The number of hydrogen-bond acceptors (Lipinski definition) is 4. The predicted octanol–water partition coefficient (Wildman–Crippen LogP) is 1.31. The quantitative estimate of drug-likeness (QED) is 0.571. The summed E-state index contributed by atoms with van der Waals surface area (Å²) in [7, 11) is 1.24. The summed E-state index contributed by atoms with van der Waals surface area (Å²) in [5.74, 6) is -4.23. The molecule has 0 aromatic heterocycles. The first-order valence-corrected chi connectivity index (χ1v) is 5.72. The van der Waals surface area contributed by atoms with Gasteiger partial charge in [-0.2, -0.15) is 13.2 Å². The van der Waals surface area contributed by atoms with Crippen LogP contribution in [0.5, 0.6) is 0 Å². The fourth-order valence-corrected chi connectivity index (χ4v) is 1.39.